The maximum atomic E-state index is 10.7. The zero-order valence-corrected chi connectivity index (χ0v) is 14.0. The predicted octanol–water partition coefficient (Wildman–Crippen LogP) is 0.551. The van der Waals surface area contributed by atoms with E-state index in [-0.39, 0.29) is 18.3 Å². The Labute approximate surface area is 133 Å². The van der Waals surface area contributed by atoms with Crippen LogP contribution in [0.2, 0.25) is 0 Å². The topological polar surface area (TPSA) is 72.5 Å². The first-order valence-electron chi connectivity index (χ1n) is 7.49. The van der Waals surface area contributed by atoms with Gasteiger partial charge in [-0.15, -0.1) is 0 Å². The van der Waals surface area contributed by atoms with Gasteiger partial charge >= 0.3 is 0 Å². The molecular weight excluding hydrogens is 292 g/mol. The van der Waals surface area contributed by atoms with E-state index in [9.17, 15) is 4.79 Å². The Balaban J connectivity index is 3.72. The van der Waals surface area contributed by atoms with E-state index in [4.69, 9.17) is 28.4 Å². The van der Waals surface area contributed by atoms with E-state index in [1.165, 1.54) is 6.92 Å². The molecule has 22 heavy (non-hydrogen) atoms. The molecule has 0 radical (unpaired) electrons. The molecule has 0 rings (SSSR count). The van der Waals surface area contributed by atoms with E-state index in [2.05, 4.69) is 0 Å². The van der Waals surface area contributed by atoms with Crippen LogP contribution in [0, 0.1) is 5.92 Å². The molecule has 0 saturated carbocycles. The van der Waals surface area contributed by atoms with E-state index in [0.29, 0.717) is 59.5 Å². The number of hydrogen-bond acceptors (Lipinski definition) is 7. The molecule has 0 aliphatic rings. The van der Waals surface area contributed by atoms with Gasteiger partial charge in [-0.05, 0) is 6.92 Å². The quantitative estimate of drug-likeness (QED) is 0.362. The molecule has 0 aliphatic carbocycles. The fourth-order valence-corrected chi connectivity index (χ4v) is 1.51. The second-order valence-electron chi connectivity index (χ2n) is 4.83. The summed E-state index contributed by atoms with van der Waals surface area (Å²) in [5.41, 5.74) is 0. The number of rotatable bonds is 17. The number of hydrogen-bond donors (Lipinski definition) is 0. The van der Waals surface area contributed by atoms with Crippen molar-refractivity contribution in [3.05, 3.63) is 0 Å². The molecule has 0 bridgehead atoms. The molecule has 0 aromatic heterocycles. The minimum atomic E-state index is 0.0102. The van der Waals surface area contributed by atoms with E-state index in [1.54, 1.807) is 14.2 Å². The molecule has 0 aromatic carbocycles. The smallest absolute Gasteiger partial charge is 0.155 e. The van der Waals surface area contributed by atoms with Crippen molar-refractivity contribution in [2.45, 2.75) is 6.92 Å². The van der Waals surface area contributed by atoms with Gasteiger partial charge in [0.05, 0.1) is 59.5 Å². The van der Waals surface area contributed by atoms with Gasteiger partial charge in [0.1, 0.15) is 6.61 Å². The lowest BCUT2D eigenvalue weighted by atomic mass is 10.2. The van der Waals surface area contributed by atoms with E-state index in [1.807, 2.05) is 0 Å². The SMILES string of the molecule is COCCOCC(COCCOC)COCCOCC(C)=O. The van der Waals surface area contributed by atoms with Crippen LogP contribution >= 0.6 is 0 Å². The number of ether oxygens (including phenoxy) is 6. The monoisotopic (exact) mass is 322 g/mol. The van der Waals surface area contributed by atoms with Crippen LogP contribution in [-0.2, 0) is 33.2 Å². The summed E-state index contributed by atoms with van der Waals surface area (Å²) in [6, 6.07) is 0. The van der Waals surface area contributed by atoms with Crippen molar-refractivity contribution in [1.82, 2.24) is 0 Å². The van der Waals surface area contributed by atoms with Crippen molar-refractivity contribution in [3.63, 3.8) is 0 Å². The Morgan fingerprint density at radius 1 is 0.727 bits per heavy atom. The van der Waals surface area contributed by atoms with Gasteiger partial charge in [-0.3, -0.25) is 4.79 Å². The Bertz CT molecular complexity index is 236. The minimum absolute atomic E-state index is 0.0102. The van der Waals surface area contributed by atoms with Gasteiger partial charge in [0.2, 0.25) is 0 Å². The van der Waals surface area contributed by atoms with Gasteiger partial charge in [0.15, 0.2) is 5.78 Å². The third kappa shape index (κ3) is 15.8. The molecule has 0 aliphatic heterocycles. The average molecular weight is 322 g/mol. The van der Waals surface area contributed by atoms with Crippen molar-refractivity contribution in [2.75, 3.05) is 80.3 Å². The third-order valence-corrected chi connectivity index (χ3v) is 2.60. The minimum Gasteiger partial charge on any atom is -0.382 e. The summed E-state index contributed by atoms with van der Waals surface area (Å²) < 4.78 is 31.6. The highest BCUT2D eigenvalue weighted by Crippen LogP contribution is 2.01. The van der Waals surface area contributed by atoms with Crippen molar-refractivity contribution in [3.8, 4) is 0 Å². The standard InChI is InChI=1S/C15H30O7/c1-14(16)10-19-8-9-22-13-15(11-20-6-4-17-2)12-21-7-5-18-3/h15H,4-13H2,1-3H3. The van der Waals surface area contributed by atoms with Crippen LogP contribution in [-0.4, -0.2) is 86.1 Å². The van der Waals surface area contributed by atoms with Crippen LogP contribution in [0.15, 0.2) is 0 Å². The zero-order valence-electron chi connectivity index (χ0n) is 14.0. The first-order chi connectivity index (χ1) is 10.7. The maximum absolute atomic E-state index is 10.7. The maximum Gasteiger partial charge on any atom is 0.155 e. The highest BCUT2D eigenvalue weighted by molar-refractivity contribution is 5.76. The fourth-order valence-electron chi connectivity index (χ4n) is 1.51. The van der Waals surface area contributed by atoms with Crippen LogP contribution in [0.5, 0.6) is 0 Å². The number of methoxy groups -OCH3 is 2. The molecule has 0 heterocycles. The summed E-state index contributed by atoms with van der Waals surface area (Å²) in [5, 5.41) is 0. The molecule has 0 saturated heterocycles. The highest BCUT2D eigenvalue weighted by Gasteiger charge is 2.10. The Morgan fingerprint density at radius 3 is 1.55 bits per heavy atom. The van der Waals surface area contributed by atoms with E-state index >= 15 is 0 Å². The Kier molecular flexibility index (Phi) is 16.4. The molecule has 0 atom stereocenters. The molecule has 0 unspecified atom stereocenters. The first kappa shape index (κ1) is 21.4. The van der Waals surface area contributed by atoms with E-state index in [0.717, 1.165) is 0 Å². The van der Waals surface area contributed by atoms with Crippen LogP contribution in [0.3, 0.4) is 0 Å². The normalized spacial score (nSPS) is 11.3. The number of ketones is 1. The lowest BCUT2D eigenvalue weighted by molar-refractivity contribution is -0.122. The summed E-state index contributed by atoms with van der Waals surface area (Å²) in [6.45, 7) is 6.31. The van der Waals surface area contributed by atoms with Gasteiger partial charge in [-0.2, -0.15) is 0 Å². The van der Waals surface area contributed by atoms with Gasteiger partial charge in [0, 0.05) is 20.1 Å². The number of carbonyl (C=O) groups is 1. The molecule has 0 aromatic rings. The predicted molar refractivity (Wildman–Crippen MR) is 81.2 cm³/mol. The molecule has 0 spiro atoms. The van der Waals surface area contributed by atoms with Crippen molar-refractivity contribution in [2.24, 2.45) is 5.92 Å². The second kappa shape index (κ2) is 16.8. The lowest BCUT2D eigenvalue weighted by Crippen LogP contribution is -2.24. The molecule has 7 heteroatoms. The molecule has 7 nitrogen and oxygen atoms in total. The first-order valence-corrected chi connectivity index (χ1v) is 7.49. The van der Waals surface area contributed by atoms with Crippen LogP contribution < -0.4 is 0 Å². The highest BCUT2D eigenvalue weighted by atomic mass is 16.5. The Morgan fingerprint density at radius 2 is 1.14 bits per heavy atom. The van der Waals surface area contributed by atoms with Crippen LogP contribution in [0.4, 0.5) is 0 Å². The third-order valence-electron chi connectivity index (χ3n) is 2.60. The molecule has 0 amide bonds. The summed E-state index contributed by atoms with van der Waals surface area (Å²) in [7, 11) is 3.28. The van der Waals surface area contributed by atoms with Crippen molar-refractivity contribution in [1.29, 1.82) is 0 Å². The van der Waals surface area contributed by atoms with Crippen molar-refractivity contribution < 1.29 is 33.2 Å². The lowest BCUT2D eigenvalue weighted by Gasteiger charge is -2.17. The van der Waals surface area contributed by atoms with Gasteiger partial charge in [0.25, 0.3) is 0 Å². The zero-order chi connectivity index (χ0) is 16.5. The van der Waals surface area contributed by atoms with Crippen LogP contribution in [0.1, 0.15) is 6.92 Å². The molecule has 0 N–H and O–H groups in total. The summed E-state index contributed by atoms with van der Waals surface area (Å²) in [4.78, 5) is 10.7. The summed E-state index contributed by atoms with van der Waals surface area (Å²) in [6.07, 6.45) is 0. The Hall–Kier alpha value is -0.570. The fraction of sp³-hybridized carbons (Fsp3) is 0.933. The summed E-state index contributed by atoms with van der Waals surface area (Å²) >= 11 is 0. The molecule has 132 valence electrons. The van der Waals surface area contributed by atoms with Crippen molar-refractivity contribution >= 4 is 5.78 Å². The molecular formula is C15H30O7. The average Bonchev–Trinajstić information content (AvgIpc) is 2.50. The van der Waals surface area contributed by atoms with Gasteiger partial charge < -0.3 is 28.4 Å². The number of carbonyl (C=O) groups excluding carboxylic acids is 1. The largest absolute Gasteiger partial charge is 0.382 e. The summed E-state index contributed by atoms with van der Waals surface area (Å²) in [5.74, 6) is 0.150. The number of Topliss-reactive ketones (excluding diaryl/α,β-unsaturated/α-hetero) is 1. The van der Waals surface area contributed by atoms with Gasteiger partial charge in [-0.1, -0.05) is 0 Å². The molecule has 0 fully saturated rings. The van der Waals surface area contributed by atoms with Crippen LogP contribution in [0.25, 0.3) is 0 Å². The van der Waals surface area contributed by atoms with Gasteiger partial charge in [-0.25, -0.2) is 0 Å². The van der Waals surface area contributed by atoms with E-state index < -0.39 is 0 Å². The second-order valence-corrected chi connectivity index (χ2v) is 4.83.